The Bertz CT molecular complexity index is 1090. The predicted octanol–water partition coefficient (Wildman–Crippen LogP) is -6.35. The number of carboxylic acid groups (broad SMARTS) is 4. The van der Waals surface area contributed by atoms with Gasteiger partial charge < -0.3 is 59.5 Å². The first-order valence-electron chi connectivity index (χ1n) is 12.1. The van der Waals surface area contributed by atoms with Crippen molar-refractivity contribution in [3.8, 4) is 0 Å². The van der Waals surface area contributed by atoms with E-state index in [0.717, 1.165) is 76.0 Å². The lowest BCUT2D eigenvalue weighted by Crippen LogP contribution is -2.48. The fraction of sp³-hybridized carbons (Fsp3) is 0.522. The number of carboxylic acids is 4. The molecule has 2 aromatic rings. The highest BCUT2D eigenvalue weighted by Gasteiger charge is 2.20. The Morgan fingerprint density at radius 3 is 2.08 bits per heavy atom. The van der Waals surface area contributed by atoms with E-state index in [-0.39, 0.29) is 0 Å². The van der Waals surface area contributed by atoms with E-state index in [1.165, 1.54) is 0 Å². The Morgan fingerprint density at radius 2 is 1.55 bits per heavy atom. The van der Waals surface area contributed by atoms with Crippen LogP contribution in [0.2, 0.25) is 0 Å². The van der Waals surface area contributed by atoms with Gasteiger partial charge in [-0.2, -0.15) is 0 Å². The molecule has 0 aromatic carbocycles. The second-order valence-corrected chi connectivity index (χ2v) is 8.40. The molecule has 1 aliphatic rings. The van der Waals surface area contributed by atoms with E-state index in [4.69, 9.17) is 61.5 Å². The normalized spacial score (nSPS) is 13.2. The van der Waals surface area contributed by atoms with Gasteiger partial charge in [0, 0.05) is 65.7 Å². The highest BCUT2D eigenvalue weighted by atomic mass is 32.1. The monoisotopic (exact) mass is 581 g/mol. The quantitative estimate of drug-likeness (QED) is 0.159. The van der Waals surface area contributed by atoms with E-state index in [0.29, 0.717) is 11.7 Å². The van der Waals surface area contributed by atoms with E-state index in [2.05, 4.69) is 30.0 Å². The number of carbonyl (C=O) groups excluding carboxylic acids is 4. The van der Waals surface area contributed by atoms with E-state index in [1.807, 2.05) is 32.3 Å². The van der Waals surface area contributed by atoms with Gasteiger partial charge in [-0.25, -0.2) is 9.97 Å². The molecule has 2 N–H and O–H groups in total. The van der Waals surface area contributed by atoms with Gasteiger partial charge in [0.05, 0.1) is 37.0 Å². The maximum Gasteiger partial charge on any atom is 0.166 e. The lowest BCUT2D eigenvalue weighted by molar-refractivity contribution is -0.345. The van der Waals surface area contributed by atoms with Gasteiger partial charge in [0.25, 0.3) is 0 Å². The van der Waals surface area contributed by atoms with E-state index < -0.39 is 23.9 Å². The summed E-state index contributed by atoms with van der Waals surface area (Å²) in [4.78, 5) is 50.0. The molecule has 0 radical (unpaired) electrons. The lowest BCUT2D eigenvalue weighted by atomic mass is 10.3. The van der Waals surface area contributed by atoms with Gasteiger partial charge in [-0.15, -0.1) is 0 Å². The molecule has 0 bridgehead atoms. The number of aromatic nitrogens is 3. The summed E-state index contributed by atoms with van der Waals surface area (Å²) >= 11 is 5.12. The topological polar surface area (TPSA) is 231 Å². The number of hydrogen-bond donors (Lipinski definition) is 2. The van der Waals surface area contributed by atoms with Crippen molar-refractivity contribution in [1.82, 2.24) is 35.0 Å². The van der Waals surface area contributed by atoms with Gasteiger partial charge in [0.2, 0.25) is 0 Å². The molecule has 3 heterocycles. The minimum atomic E-state index is -2.19. The third kappa shape index (κ3) is 12.7. The van der Waals surface area contributed by atoms with Crippen LogP contribution in [-0.2, 0) is 37.0 Å². The first-order valence-corrected chi connectivity index (χ1v) is 12.5. The molecule has 16 nitrogen and oxygen atoms in total. The molecule has 0 unspecified atom stereocenters. The summed E-state index contributed by atoms with van der Waals surface area (Å²) in [6, 6.07) is 3.97. The molecule has 40 heavy (non-hydrogen) atoms. The average molecular weight is 582 g/mol. The van der Waals surface area contributed by atoms with Crippen molar-refractivity contribution in [2.75, 3.05) is 59.5 Å². The second kappa shape index (κ2) is 18.4. The molecule has 0 amide bonds. The molecular formula is C23H31N7O9S-4. The molecule has 0 aliphatic carbocycles. The molecule has 3 rings (SSSR count). The molecule has 222 valence electrons. The standard InChI is InChI=1S/C19H31N7OS.2C2H2O4/c1-3-27-14-13-26-17(23-16-5-4-6-21-18(16)26)15-25-11-9-24(10-12-25)8-7-22-19(28)20-2;2*3-1(4)2(5)6/h4-6H,3,7-15H2,1-2H3,(H2,20,22,28);2*(H,3,4)(H,5,6)/p-4. The Hall–Kier alpha value is -3.93. The van der Waals surface area contributed by atoms with Crippen LogP contribution < -0.4 is 31.1 Å². The summed E-state index contributed by atoms with van der Waals surface area (Å²) in [6.45, 7) is 11.1. The van der Waals surface area contributed by atoms with Crippen molar-refractivity contribution in [1.29, 1.82) is 0 Å². The lowest BCUT2D eigenvalue weighted by Gasteiger charge is -2.34. The van der Waals surface area contributed by atoms with E-state index in [1.54, 1.807) is 0 Å². The predicted molar refractivity (Wildman–Crippen MR) is 135 cm³/mol. The van der Waals surface area contributed by atoms with Crippen molar-refractivity contribution < 1.29 is 44.3 Å². The van der Waals surface area contributed by atoms with Gasteiger partial charge in [0.1, 0.15) is 11.3 Å². The Labute approximate surface area is 235 Å². The number of piperazine rings is 1. The molecule has 0 spiro atoms. The largest absolute Gasteiger partial charge is 0.543 e. The number of pyridine rings is 1. The Kier molecular flexibility index (Phi) is 15.7. The van der Waals surface area contributed by atoms with Crippen LogP contribution in [0.4, 0.5) is 0 Å². The Balaban J connectivity index is 0.000000559. The number of fused-ring (bicyclic) bond motifs is 1. The zero-order valence-electron chi connectivity index (χ0n) is 22.1. The maximum absolute atomic E-state index is 8.93. The number of ether oxygens (including phenoxy) is 1. The molecule has 0 atom stereocenters. The van der Waals surface area contributed by atoms with E-state index >= 15 is 0 Å². The van der Waals surface area contributed by atoms with Crippen LogP contribution in [0.5, 0.6) is 0 Å². The average Bonchev–Trinajstić information content (AvgIpc) is 3.27. The highest BCUT2D eigenvalue weighted by molar-refractivity contribution is 7.80. The number of aliphatic carboxylic acids is 4. The second-order valence-electron chi connectivity index (χ2n) is 8.00. The van der Waals surface area contributed by atoms with Crippen LogP contribution in [0.3, 0.4) is 0 Å². The van der Waals surface area contributed by atoms with Gasteiger partial charge in [-0.05, 0) is 31.3 Å². The van der Waals surface area contributed by atoms with Gasteiger partial charge >= 0.3 is 0 Å². The van der Waals surface area contributed by atoms with Crippen molar-refractivity contribution in [2.45, 2.75) is 20.0 Å². The van der Waals surface area contributed by atoms with Crippen molar-refractivity contribution in [3.05, 3.63) is 24.2 Å². The molecule has 1 aliphatic heterocycles. The van der Waals surface area contributed by atoms with Gasteiger partial charge in [-0.3, -0.25) is 9.80 Å². The number of rotatable bonds is 9. The summed E-state index contributed by atoms with van der Waals surface area (Å²) < 4.78 is 7.77. The van der Waals surface area contributed by atoms with Crippen LogP contribution in [-0.4, -0.2) is 113 Å². The molecule has 17 heteroatoms. The fourth-order valence-corrected chi connectivity index (χ4v) is 3.55. The van der Waals surface area contributed by atoms with Crippen molar-refractivity contribution in [2.24, 2.45) is 0 Å². The maximum atomic E-state index is 8.93. The zero-order chi connectivity index (χ0) is 30.1. The highest BCUT2D eigenvalue weighted by Crippen LogP contribution is 2.16. The number of nitrogens with one attached hydrogen (secondary N) is 2. The van der Waals surface area contributed by atoms with Crippen LogP contribution in [0, 0.1) is 0 Å². The minimum absolute atomic E-state index is 0.681. The summed E-state index contributed by atoms with van der Waals surface area (Å²) in [7, 11) is 1.84. The molecule has 1 fully saturated rings. The zero-order valence-corrected chi connectivity index (χ0v) is 22.9. The van der Waals surface area contributed by atoms with Gasteiger partial charge in [0.15, 0.2) is 10.8 Å². The minimum Gasteiger partial charge on any atom is -0.543 e. The van der Waals surface area contributed by atoms with Crippen LogP contribution in [0.1, 0.15) is 12.7 Å². The number of imidazole rings is 1. The molecule has 1 saturated heterocycles. The summed E-state index contributed by atoms with van der Waals surface area (Å²) in [6.07, 6.45) is 1.83. The number of carbonyl (C=O) groups is 4. The molecule has 2 aromatic heterocycles. The number of thiocarbonyl (C=S) groups is 1. The van der Waals surface area contributed by atoms with Crippen LogP contribution >= 0.6 is 12.2 Å². The van der Waals surface area contributed by atoms with E-state index in [9.17, 15) is 0 Å². The SMILES string of the molecule is CCOCCn1c(CN2CCN(CCNC(=S)NC)CC2)nc2cccnc21.O=C([O-])C(=O)[O-].O=C([O-])C(=O)[O-]. The first kappa shape index (κ1) is 34.1. The van der Waals surface area contributed by atoms with Crippen LogP contribution in [0.25, 0.3) is 11.2 Å². The summed E-state index contributed by atoms with van der Waals surface area (Å²) in [5.41, 5.74) is 1.90. The number of hydrogen-bond acceptors (Lipinski definition) is 14. The summed E-state index contributed by atoms with van der Waals surface area (Å²) in [5.74, 6) is -7.67. The van der Waals surface area contributed by atoms with Crippen molar-refractivity contribution in [3.63, 3.8) is 0 Å². The Morgan fingerprint density at radius 1 is 0.975 bits per heavy atom. The van der Waals surface area contributed by atoms with Gasteiger partial charge in [-0.1, -0.05) is 0 Å². The molecular weight excluding hydrogens is 550 g/mol. The fourth-order valence-electron chi connectivity index (χ4n) is 3.45. The van der Waals surface area contributed by atoms with Crippen LogP contribution in [0.15, 0.2) is 18.3 Å². The summed E-state index contributed by atoms with van der Waals surface area (Å²) in [5, 5.41) is 42.6. The third-order valence-electron chi connectivity index (χ3n) is 5.35. The number of nitrogens with zero attached hydrogens (tertiary/aromatic N) is 5. The van der Waals surface area contributed by atoms with Crippen molar-refractivity contribution >= 4 is 52.4 Å². The first-order chi connectivity index (χ1) is 19.0. The molecule has 0 saturated carbocycles. The third-order valence-corrected chi connectivity index (χ3v) is 5.70. The smallest absolute Gasteiger partial charge is 0.166 e.